The summed E-state index contributed by atoms with van der Waals surface area (Å²) in [6.45, 7) is 1.39. The van der Waals surface area contributed by atoms with Crippen LogP contribution in [0.5, 0.6) is 0 Å². The third-order valence-electron chi connectivity index (χ3n) is 4.35. The minimum atomic E-state index is -0.00932. The molecule has 4 aromatic rings. The van der Waals surface area contributed by atoms with Crippen LogP contribution in [0.15, 0.2) is 54.7 Å². The quantitative estimate of drug-likeness (QED) is 0.611. The highest BCUT2D eigenvalue weighted by molar-refractivity contribution is 7.22. The molecule has 0 spiro atoms. The second-order valence-electron chi connectivity index (χ2n) is 6.03. The monoisotopic (exact) mass is 350 g/mol. The first-order valence-corrected chi connectivity index (χ1v) is 8.89. The number of anilines is 1. The number of nitrogens with zero attached hydrogens (tertiary/aromatic N) is 3. The van der Waals surface area contributed by atoms with Gasteiger partial charge in [0.25, 0.3) is 5.91 Å². The Kier molecular flexibility index (Phi) is 3.89. The SMILES string of the molecule is CN(CCn1ccc2ccccc21)C(=O)c1ccc2sc(N)nc2c1. The fraction of sp³-hybridized carbons (Fsp3) is 0.158. The maximum atomic E-state index is 12.7. The third kappa shape index (κ3) is 2.96. The number of fused-ring (bicyclic) bond motifs is 2. The molecule has 126 valence electrons. The lowest BCUT2D eigenvalue weighted by atomic mass is 10.2. The van der Waals surface area contributed by atoms with Gasteiger partial charge in [0.2, 0.25) is 0 Å². The van der Waals surface area contributed by atoms with E-state index in [0.29, 0.717) is 17.2 Å². The molecule has 2 aromatic heterocycles. The fourth-order valence-corrected chi connectivity index (χ4v) is 3.71. The smallest absolute Gasteiger partial charge is 0.253 e. The summed E-state index contributed by atoms with van der Waals surface area (Å²) in [5, 5.41) is 1.73. The lowest BCUT2D eigenvalue weighted by Gasteiger charge is -2.18. The number of aromatic nitrogens is 2. The number of hydrogen-bond acceptors (Lipinski definition) is 4. The Morgan fingerprint density at radius 3 is 2.96 bits per heavy atom. The summed E-state index contributed by atoms with van der Waals surface area (Å²) < 4.78 is 3.17. The number of rotatable bonds is 4. The van der Waals surface area contributed by atoms with Crippen LogP contribution in [0.4, 0.5) is 5.13 Å². The van der Waals surface area contributed by atoms with E-state index in [1.807, 2.05) is 37.4 Å². The molecule has 0 aliphatic rings. The van der Waals surface area contributed by atoms with Gasteiger partial charge in [-0.2, -0.15) is 0 Å². The zero-order valence-corrected chi connectivity index (χ0v) is 14.7. The third-order valence-corrected chi connectivity index (χ3v) is 5.22. The molecule has 2 aromatic carbocycles. The Balaban J connectivity index is 1.49. The van der Waals surface area contributed by atoms with E-state index in [9.17, 15) is 4.79 Å². The number of benzene rings is 2. The van der Waals surface area contributed by atoms with Crippen LogP contribution in [0.3, 0.4) is 0 Å². The molecule has 2 N–H and O–H groups in total. The predicted molar refractivity (Wildman–Crippen MR) is 103 cm³/mol. The summed E-state index contributed by atoms with van der Waals surface area (Å²) >= 11 is 1.43. The number of likely N-dealkylation sites (N-methyl/N-ethyl adjacent to an activating group) is 1. The van der Waals surface area contributed by atoms with Gasteiger partial charge in [-0.3, -0.25) is 4.79 Å². The molecule has 0 aliphatic heterocycles. The minimum Gasteiger partial charge on any atom is -0.375 e. The van der Waals surface area contributed by atoms with Crippen LogP contribution in [0.2, 0.25) is 0 Å². The van der Waals surface area contributed by atoms with Crippen LogP contribution in [0.1, 0.15) is 10.4 Å². The highest BCUT2D eigenvalue weighted by atomic mass is 32.1. The fourth-order valence-electron chi connectivity index (χ4n) is 2.99. The van der Waals surface area contributed by atoms with Gasteiger partial charge in [0.1, 0.15) is 0 Å². The van der Waals surface area contributed by atoms with Gasteiger partial charge in [-0.1, -0.05) is 29.5 Å². The van der Waals surface area contributed by atoms with Crippen molar-refractivity contribution in [3.05, 3.63) is 60.3 Å². The maximum absolute atomic E-state index is 12.7. The van der Waals surface area contributed by atoms with E-state index in [0.717, 1.165) is 16.8 Å². The van der Waals surface area contributed by atoms with Crippen molar-refractivity contribution in [2.75, 3.05) is 19.3 Å². The average Bonchev–Trinajstić information content (AvgIpc) is 3.20. The molecule has 25 heavy (non-hydrogen) atoms. The van der Waals surface area contributed by atoms with Crippen molar-refractivity contribution >= 4 is 43.5 Å². The summed E-state index contributed by atoms with van der Waals surface area (Å²) in [6.07, 6.45) is 2.06. The molecule has 0 bridgehead atoms. The Morgan fingerprint density at radius 2 is 2.08 bits per heavy atom. The predicted octanol–water partition coefficient (Wildman–Crippen LogP) is 3.61. The van der Waals surface area contributed by atoms with E-state index in [1.54, 1.807) is 4.90 Å². The molecule has 0 aliphatic carbocycles. The highest BCUT2D eigenvalue weighted by Crippen LogP contribution is 2.24. The van der Waals surface area contributed by atoms with Gasteiger partial charge < -0.3 is 15.2 Å². The second-order valence-corrected chi connectivity index (χ2v) is 7.09. The maximum Gasteiger partial charge on any atom is 0.253 e. The van der Waals surface area contributed by atoms with E-state index in [-0.39, 0.29) is 5.91 Å². The standard InChI is InChI=1S/C19H18N4OS/c1-22(10-11-23-9-8-13-4-2-3-5-16(13)23)18(24)14-6-7-17-15(12-14)21-19(20)25-17/h2-9,12H,10-11H2,1H3,(H2,20,21). The number of amides is 1. The molecule has 5 nitrogen and oxygen atoms in total. The van der Waals surface area contributed by atoms with E-state index >= 15 is 0 Å². The first-order valence-electron chi connectivity index (χ1n) is 8.07. The molecule has 0 fully saturated rings. The van der Waals surface area contributed by atoms with Gasteiger partial charge >= 0.3 is 0 Å². The summed E-state index contributed by atoms with van der Waals surface area (Å²) in [5.74, 6) is -0.00932. The summed E-state index contributed by atoms with van der Waals surface area (Å²) in [4.78, 5) is 18.7. The Bertz CT molecular complexity index is 1070. The minimum absolute atomic E-state index is 0.00932. The van der Waals surface area contributed by atoms with E-state index in [4.69, 9.17) is 5.73 Å². The van der Waals surface area contributed by atoms with Crippen LogP contribution < -0.4 is 5.73 Å². The molecule has 4 rings (SSSR count). The van der Waals surface area contributed by atoms with Crippen LogP contribution >= 0.6 is 11.3 Å². The van der Waals surface area contributed by atoms with E-state index in [2.05, 4.69) is 33.9 Å². The number of nitrogen functional groups attached to an aromatic ring is 1. The lowest BCUT2D eigenvalue weighted by Crippen LogP contribution is -2.29. The lowest BCUT2D eigenvalue weighted by molar-refractivity contribution is 0.0791. The van der Waals surface area contributed by atoms with Gasteiger partial charge in [0, 0.05) is 37.4 Å². The first-order chi connectivity index (χ1) is 12.1. The Labute approximate surface area is 149 Å². The van der Waals surface area contributed by atoms with Crippen LogP contribution in [0, 0.1) is 0 Å². The normalized spacial score (nSPS) is 11.2. The van der Waals surface area contributed by atoms with Crippen molar-refractivity contribution in [1.29, 1.82) is 0 Å². The molecule has 0 atom stereocenters. The Hall–Kier alpha value is -2.86. The van der Waals surface area contributed by atoms with Crippen LogP contribution in [0.25, 0.3) is 21.1 Å². The van der Waals surface area contributed by atoms with Gasteiger partial charge in [-0.05, 0) is 35.7 Å². The van der Waals surface area contributed by atoms with Crippen molar-refractivity contribution < 1.29 is 4.79 Å². The molecule has 2 heterocycles. The number of para-hydroxylation sites is 1. The molecule has 0 saturated heterocycles. The second kappa shape index (κ2) is 6.22. The number of nitrogens with two attached hydrogens (primary N) is 1. The number of thiazole rings is 1. The van der Waals surface area contributed by atoms with Gasteiger partial charge in [0.15, 0.2) is 5.13 Å². The van der Waals surface area contributed by atoms with Gasteiger partial charge in [0.05, 0.1) is 10.2 Å². The molecule has 6 heteroatoms. The number of carbonyl (C=O) groups is 1. The molecular formula is C19H18N4OS. The van der Waals surface area contributed by atoms with Crippen molar-refractivity contribution in [3.8, 4) is 0 Å². The first kappa shape index (κ1) is 15.7. The van der Waals surface area contributed by atoms with Gasteiger partial charge in [-0.25, -0.2) is 4.98 Å². The van der Waals surface area contributed by atoms with E-state index in [1.165, 1.54) is 22.2 Å². The van der Waals surface area contributed by atoms with Crippen molar-refractivity contribution in [3.63, 3.8) is 0 Å². The summed E-state index contributed by atoms with van der Waals surface area (Å²) in [6, 6.07) is 15.9. The van der Waals surface area contributed by atoms with Crippen LogP contribution in [-0.4, -0.2) is 34.0 Å². The largest absolute Gasteiger partial charge is 0.375 e. The molecule has 1 amide bonds. The Morgan fingerprint density at radius 1 is 1.24 bits per heavy atom. The summed E-state index contributed by atoms with van der Waals surface area (Å²) in [5.41, 5.74) is 8.33. The topological polar surface area (TPSA) is 64.2 Å². The molecule has 0 saturated carbocycles. The summed E-state index contributed by atoms with van der Waals surface area (Å²) in [7, 11) is 1.83. The molecular weight excluding hydrogens is 332 g/mol. The van der Waals surface area contributed by atoms with Crippen molar-refractivity contribution in [2.24, 2.45) is 0 Å². The van der Waals surface area contributed by atoms with Crippen molar-refractivity contribution in [2.45, 2.75) is 6.54 Å². The van der Waals surface area contributed by atoms with Gasteiger partial charge in [-0.15, -0.1) is 0 Å². The van der Waals surface area contributed by atoms with Crippen LogP contribution in [-0.2, 0) is 6.54 Å². The average molecular weight is 350 g/mol. The number of carbonyl (C=O) groups excluding carboxylic acids is 1. The number of hydrogen-bond donors (Lipinski definition) is 1. The van der Waals surface area contributed by atoms with Crippen molar-refractivity contribution in [1.82, 2.24) is 14.5 Å². The molecule has 0 unspecified atom stereocenters. The zero-order chi connectivity index (χ0) is 17.4. The molecule has 0 radical (unpaired) electrons. The van der Waals surface area contributed by atoms with E-state index < -0.39 is 0 Å². The zero-order valence-electron chi connectivity index (χ0n) is 13.8. The highest BCUT2D eigenvalue weighted by Gasteiger charge is 2.13.